The molecule has 1 aromatic carbocycles. The number of amides is 3. The van der Waals surface area contributed by atoms with E-state index in [1.54, 1.807) is 17.0 Å². The summed E-state index contributed by atoms with van der Waals surface area (Å²) < 4.78 is 43.8. The minimum Gasteiger partial charge on any atom is -0.366 e. The second kappa shape index (κ2) is 9.06. The third kappa shape index (κ3) is 5.31. The molecule has 31 heavy (non-hydrogen) atoms. The lowest BCUT2D eigenvalue weighted by atomic mass is 9.92. The molecule has 3 aliphatic rings. The van der Waals surface area contributed by atoms with Gasteiger partial charge in [0, 0.05) is 26.2 Å². The molecule has 3 fully saturated rings. The molecule has 1 aromatic rings. The molecule has 0 spiro atoms. The first kappa shape index (κ1) is 21.9. The second-order valence-electron chi connectivity index (χ2n) is 8.72. The Bertz CT molecular complexity index is 799. The molecule has 3 amide bonds. The number of benzene rings is 1. The number of morpholine rings is 1. The van der Waals surface area contributed by atoms with Crippen molar-refractivity contribution in [3.63, 3.8) is 0 Å². The second-order valence-corrected chi connectivity index (χ2v) is 8.72. The van der Waals surface area contributed by atoms with Crippen molar-refractivity contribution in [3.8, 4) is 0 Å². The van der Waals surface area contributed by atoms with Gasteiger partial charge in [0.1, 0.15) is 6.61 Å². The van der Waals surface area contributed by atoms with E-state index in [9.17, 15) is 22.8 Å². The molecule has 1 N–H and O–H groups in total. The summed E-state index contributed by atoms with van der Waals surface area (Å²) >= 11 is 0. The quantitative estimate of drug-likeness (QED) is 0.771. The van der Waals surface area contributed by atoms with Gasteiger partial charge in [0.05, 0.1) is 17.7 Å². The van der Waals surface area contributed by atoms with E-state index in [0.29, 0.717) is 38.5 Å². The van der Waals surface area contributed by atoms with Gasteiger partial charge >= 0.3 is 12.2 Å². The molecule has 0 aromatic heterocycles. The molecule has 0 radical (unpaired) electrons. The molecule has 1 unspecified atom stereocenters. The van der Waals surface area contributed by atoms with Crippen molar-refractivity contribution >= 4 is 11.9 Å². The molecule has 0 saturated carbocycles. The monoisotopic (exact) mass is 439 g/mol. The van der Waals surface area contributed by atoms with Gasteiger partial charge < -0.3 is 19.9 Å². The minimum absolute atomic E-state index is 0.00606. The number of hydrogen-bond donors (Lipinski definition) is 1. The van der Waals surface area contributed by atoms with Gasteiger partial charge in [-0.05, 0) is 55.7 Å². The number of nitrogens with zero attached hydrogens (tertiary/aromatic N) is 2. The summed E-state index contributed by atoms with van der Waals surface area (Å²) in [5, 5.41) is 2.92. The smallest absolute Gasteiger partial charge is 0.366 e. The Hall–Kier alpha value is -2.29. The van der Waals surface area contributed by atoms with Gasteiger partial charge in [0.2, 0.25) is 5.91 Å². The van der Waals surface area contributed by atoms with Crippen LogP contribution in [0.1, 0.15) is 36.8 Å². The van der Waals surface area contributed by atoms with Crippen LogP contribution in [0, 0.1) is 5.92 Å². The molecule has 0 bridgehead atoms. The van der Waals surface area contributed by atoms with Gasteiger partial charge in [-0.3, -0.25) is 4.79 Å². The van der Waals surface area contributed by atoms with Crippen LogP contribution in [-0.4, -0.2) is 66.7 Å². The first-order chi connectivity index (χ1) is 14.8. The number of urea groups is 1. The maximum absolute atomic E-state index is 13.1. The normalized spacial score (nSPS) is 27.3. The van der Waals surface area contributed by atoms with E-state index in [-0.39, 0.29) is 30.7 Å². The Kier molecular flexibility index (Phi) is 6.41. The van der Waals surface area contributed by atoms with Crippen LogP contribution in [0.4, 0.5) is 18.0 Å². The summed E-state index contributed by atoms with van der Waals surface area (Å²) in [6.07, 6.45) is -0.275. The van der Waals surface area contributed by atoms with E-state index in [1.807, 2.05) is 4.90 Å². The summed E-state index contributed by atoms with van der Waals surface area (Å²) in [5.74, 6) is 0.197. The van der Waals surface area contributed by atoms with Crippen LogP contribution < -0.4 is 5.32 Å². The summed E-state index contributed by atoms with van der Waals surface area (Å²) in [6.45, 7) is 2.47. The van der Waals surface area contributed by atoms with Gasteiger partial charge in [0.25, 0.3) is 0 Å². The Morgan fingerprint density at radius 1 is 1.06 bits per heavy atom. The van der Waals surface area contributed by atoms with Crippen LogP contribution in [0.5, 0.6) is 0 Å². The maximum Gasteiger partial charge on any atom is 0.416 e. The van der Waals surface area contributed by atoms with Crippen LogP contribution in [0.2, 0.25) is 0 Å². The highest BCUT2D eigenvalue weighted by atomic mass is 19.4. The van der Waals surface area contributed by atoms with Gasteiger partial charge in [-0.15, -0.1) is 0 Å². The van der Waals surface area contributed by atoms with Crippen molar-refractivity contribution < 1.29 is 27.5 Å². The van der Waals surface area contributed by atoms with Gasteiger partial charge in [0.15, 0.2) is 0 Å². The molecule has 170 valence electrons. The van der Waals surface area contributed by atoms with Crippen molar-refractivity contribution in [1.82, 2.24) is 15.1 Å². The van der Waals surface area contributed by atoms with Crippen molar-refractivity contribution in [2.24, 2.45) is 5.92 Å². The topological polar surface area (TPSA) is 61.9 Å². The number of ether oxygens (including phenoxy) is 1. The highest BCUT2D eigenvalue weighted by Gasteiger charge is 2.37. The third-order valence-corrected chi connectivity index (χ3v) is 6.52. The fourth-order valence-electron chi connectivity index (χ4n) is 4.80. The van der Waals surface area contributed by atoms with Crippen molar-refractivity contribution in [3.05, 3.63) is 35.4 Å². The summed E-state index contributed by atoms with van der Waals surface area (Å²) in [6, 6.07) is 5.23. The molecule has 3 aliphatic heterocycles. The number of carbonyl (C=O) groups is 2. The number of piperidine rings is 1. The predicted octanol–water partition coefficient (Wildman–Crippen LogP) is 3.06. The lowest BCUT2D eigenvalue weighted by Gasteiger charge is -2.42. The van der Waals surface area contributed by atoms with Crippen molar-refractivity contribution in [2.45, 2.75) is 50.4 Å². The number of hydrogen-bond acceptors (Lipinski definition) is 3. The standard InChI is InChI=1S/C22H28F3N3O3/c23-22(24,25)17-5-3-16(4-6-17)12-15-2-1-9-27(10-7-15)21(30)28-11-8-19-18(13-28)26-20(29)14-31-19/h3-6,15,18-19H,1-2,7-14H2,(H,26,29)/t15?,18-,19+/m1/s1. The number of nitrogens with one attached hydrogen (secondary N) is 1. The summed E-state index contributed by atoms with van der Waals surface area (Å²) in [7, 11) is 0. The molecular weight excluding hydrogens is 411 g/mol. The van der Waals surface area contributed by atoms with Crippen molar-refractivity contribution in [2.75, 3.05) is 32.8 Å². The highest BCUT2D eigenvalue weighted by molar-refractivity contribution is 5.79. The van der Waals surface area contributed by atoms with E-state index in [2.05, 4.69) is 5.32 Å². The van der Waals surface area contributed by atoms with Crippen LogP contribution in [0.25, 0.3) is 0 Å². The summed E-state index contributed by atoms with van der Waals surface area (Å²) in [5.41, 5.74) is 0.269. The fraction of sp³-hybridized carbons (Fsp3) is 0.636. The first-order valence-electron chi connectivity index (χ1n) is 10.9. The van der Waals surface area contributed by atoms with E-state index < -0.39 is 11.7 Å². The summed E-state index contributed by atoms with van der Waals surface area (Å²) in [4.78, 5) is 28.3. The maximum atomic E-state index is 13.1. The average molecular weight is 439 g/mol. The Morgan fingerprint density at radius 2 is 1.81 bits per heavy atom. The Balaban J connectivity index is 1.29. The van der Waals surface area contributed by atoms with E-state index in [0.717, 1.165) is 43.4 Å². The molecular formula is C22H28F3N3O3. The Labute approximate surface area is 179 Å². The number of fused-ring (bicyclic) bond motifs is 1. The first-order valence-corrected chi connectivity index (χ1v) is 10.9. The zero-order valence-electron chi connectivity index (χ0n) is 17.4. The van der Waals surface area contributed by atoms with Gasteiger partial charge in [-0.2, -0.15) is 13.2 Å². The molecule has 3 heterocycles. The fourth-order valence-corrected chi connectivity index (χ4v) is 4.80. The van der Waals surface area contributed by atoms with E-state index >= 15 is 0 Å². The number of halogens is 3. The van der Waals surface area contributed by atoms with E-state index in [1.165, 1.54) is 0 Å². The SMILES string of the molecule is O=C1CO[C@H]2CCN(C(=O)N3CCCC(Cc4ccc(C(F)(F)F)cc4)CC3)C[C@H]2N1. The highest BCUT2D eigenvalue weighted by Crippen LogP contribution is 2.30. The Morgan fingerprint density at radius 3 is 2.55 bits per heavy atom. The van der Waals surface area contributed by atoms with Crippen molar-refractivity contribution in [1.29, 1.82) is 0 Å². The average Bonchev–Trinajstić information content (AvgIpc) is 2.98. The minimum atomic E-state index is -4.32. The zero-order valence-corrected chi connectivity index (χ0v) is 17.4. The van der Waals surface area contributed by atoms with Crippen LogP contribution in [-0.2, 0) is 22.1 Å². The largest absolute Gasteiger partial charge is 0.416 e. The molecule has 3 atom stereocenters. The molecule has 3 saturated heterocycles. The number of carbonyl (C=O) groups excluding carboxylic acids is 2. The lowest BCUT2D eigenvalue weighted by Crippen LogP contribution is -2.62. The van der Waals surface area contributed by atoms with Gasteiger partial charge in [-0.25, -0.2) is 4.79 Å². The zero-order chi connectivity index (χ0) is 22.0. The van der Waals surface area contributed by atoms with Crippen LogP contribution in [0.3, 0.4) is 0 Å². The number of likely N-dealkylation sites (tertiary alicyclic amines) is 2. The van der Waals surface area contributed by atoms with E-state index in [4.69, 9.17) is 4.74 Å². The lowest BCUT2D eigenvalue weighted by molar-refractivity contribution is -0.140. The molecule has 0 aliphatic carbocycles. The predicted molar refractivity (Wildman–Crippen MR) is 107 cm³/mol. The molecule has 4 rings (SSSR count). The number of rotatable bonds is 2. The molecule has 6 nitrogen and oxygen atoms in total. The third-order valence-electron chi connectivity index (χ3n) is 6.52. The number of alkyl halides is 3. The van der Waals surface area contributed by atoms with Gasteiger partial charge in [-0.1, -0.05) is 12.1 Å². The molecule has 9 heteroatoms. The van der Waals surface area contributed by atoms with Crippen LogP contribution >= 0.6 is 0 Å². The van der Waals surface area contributed by atoms with Crippen LogP contribution in [0.15, 0.2) is 24.3 Å².